The van der Waals surface area contributed by atoms with E-state index in [2.05, 4.69) is 20.7 Å². The molecule has 1 aromatic carbocycles. The second-order valence-electron chi connectivity index (χ2n) is 5.15. The number of rotatable bonds is 5. The summed E-state index contributed by atoms with van der Waals surface area (Å²) in [5, 5.41) is 9.49. The summed E-state index contributed by atoms with van der Waals surface area (Å²) in [5.41, 5.74) is -0.279. The summed E-state index contributed by atoms with van der Waals surface area (Å²) in [6, 6.07) is 6.61. The van der Waals surface area contributed by atoms with Crippen molar-refractivity contribution in [2.75, 3.05) is 13.2 Å². The zero-order chi connectivity index (χ0) is 13.9. The Morgan fingerprint density at radius 2 is 2.00 bits per heavy atom. The molecule has 1 aliphatic carbocycles. The van der Waals surface area contributed by atoms with Gasteiger partial charge in [-0.15, -0.1) is 0 Å². The maximum atomic E-state index is 12.2. The highest BCUT2D eigenvalue weighted by Crippen LogP contribution is 2.37. The van der Waals surface area contributed by atoms with Crippen molar-refractivity contribution >= 4 is 26.0 Å². The number of nitrogens with one attached hydrogen (secondary N) is 1. The molecule has 0 heterocycles. The van der Waals surface area contributed by atoms with Crippen LogP contribution < -0.4 is 4.72 Å². The molecular weight excluding hydrogens is 330 g/mol. The summed E-state index contributed by atoms with van der Waals surface area (Å²) in [5.74, 6) is 0. The van der Waals surface area contributed by atoms with Gasteiger partial charge in [-0.2, -0.15) is 0 Å². The molecule has 0 bridgehead atoms. The lowest BCUT2D eigenvalue weighted by molar-refractivity contribution is 0.134. The third kappa shape index (κ3) is 3.56. The minimum Gasteiger partial charge on any atom is -0.396 e. The van der Waals surface area contributed by atoms with E-state index in [4.69, 9.17) is 0 Å². The van der Waals surface area contributed by atoms with Gasteiger partial charge in [0.05, 0.1) is 4.90 Å². The van der Waals surface area contributed by atoms with Crippen LogP contribution in [0, 0.1) is 5.41 Å². The molecule has 0 aromatic heterocycles. The number of hydrogen-bond donors (Lipinski definition) is 2. The lowest BCUT2D eigenvalue weighted by Gasteiger charge is -2.26. The Balaban J connectivity index is 2.09. The van der Waals surface area contributed by atoms with E-state index in [1.165, 1.54) is 0 Å². The van der Waals surface area contributed by atoms with E-state index in [9.17, 15) is 13.5 Å². The summed E-state index contributed by atoms with van der Waals surface area (Å²) in [4.78, 5) is 0.243. The quantitative estimate of drug-likeness (QED) is 0.858. The molecule has 1 saturated carbocycles. The number of halogens is 1. The van der Waals surface area contributed by atoms with E-state index in [1.54, 1.807) is 24.3 Å². The van der Waals surface area contributed by atoms with Crippen molar-refractivity contribution < 1.29 is 13.5 Å². The van der Waals surface area contributed by atoms with Gasteiger partial charge >= 0.3 is 0 Å². The molecule has 0 radical (unpaired) electrons. The first-order valence-electron chi connectivity index (χ1n) is 6.34. The monoisotopic (exact) mass is 347 g/mol. The van der Waals surface area contributed by atoms with Crippen LogP contribution in [-0.2, 0) is 10.0 Å². The third-order valence-corrected chi connectivity index (χ3v) is 5.64. The van der Waals surface area contributed by atoms with E-state index in [1.807, 2.05) is 0 Å². The molecule has 1 aromatic rings. The van der Waals surface area contributed by atoms with Crippen LogP contribution in [0.2, 0.25) is 0 Å². The van der Waals surface area contributed by atoms with E-state index in [0.29, 0.717) is 6.54 Å². The number of aliphatic hydroxyl groups excluding tert-OH is 1. The molecule has 0 atom stereocenters. The van der Waals surface area contributed by atoms with E-state index in [0.717, 1.165) is 30.2 Å². The molecule has 106 valence electrons. The molecule has 1 fully saturated rings. The van der Waals surface area contributed by atoms with Crippen molar-refractivity contribution in [3.05, 3.63) is 28.7 Å². The molecule has 4 nitrogen and oxygen atoms in total. The van der Waals surface area contributed by atoms with E-state index in [-0.39, 0.29) is 16.9 Å². The van der Waals surface area contributed by atoms with Gasteiger partial charge in [-0.05, 0) is 31.0 Å². The van der Waals surface area contributed by atoms with Gasteiger partial charge in [-0.25, -0.2) is 13.1 Å². The fourth-order valence-electron chi connectivity index (χ4n) is 2.48. The van der Waals surface area contributed by atoms with Gasteiger partial charge in [0.2, 0.25) is 10.0 Å². The van der Waals surface area contributed by atoms with Crippen molar-refractivity contribution in [3.8, 4) is 0 Å². The molecule has 1 aliphatic rings. The Hall–Kier alpha value is -0.430. The minimum absolute atomic E-state index is 0.0357. The molecule has 2 N–H and O–H groups in total. The molecule has 19 heavy (non-hydrogen) atoms. The number of sulfonamides is 1. The van der Waals surface area contributed by atoms with Gasteiger partial charge in [0.1, 0.15) is 0 Å². The number of aliphatic hydroxyl groups is 1. The van der Waals surface area contributed by atoms with Gasteiger partial charge in [-0.3, -0.25) is 0 Å². The fourth-order valence-corrected chi connectivity index (χ4v) is 4.23. The average Bonchev–Trinajstić information content (AvgIpc) is 2.86. The number of hydrogen-bond acceptors (Lipinski definition) is 3. The second kappa shape index (κ2) is 5.91. The van der Waals surface area contributed by atoms with Crippen molar-refractivity contribution in [1.82, 2.24) is 4.72 Å². The summed E-state index contributed by atoms with van der Waals surface area (Å²) in [7, 11) is -3.51. The second-order valence-corrected chi connectivity index (χ2v) is 7.83. The van der Waals surface area contributed by atoms with Crippen LogP contribution in [0.25, 0.3) is 0 Å². The Morgan fingerprint density at radius 1 is 1.32 bits per heavy atom. The molecule has 2 rings (SSSR count). The SMILES string of the molecule is O=S(=O)(NCC1(CO)CCCC1)c1cccc(Br)c1. The van der Waals surface area contributed by atoms with Crippen molar-refractivity contribution in [2.24, 2.45) is 5.41 Å². The van der Waals surface area contributed by atoms with Crippen LogP contribution in [0.5, 0.6) is 0 Å². The van der Waals surface area contributed by atoms with Crippen LogP contribution in [-0.4, -0.2) is 26.7 Å². The highest BCUT2D eigenvalue weighted by Gasteiger charge is 2.34. The Morgan fingerprint density at radius 3 is 2.58 bits per heavy atom. The van der Waals surface area contributed by atoms with Gasteiger partial charge in [-0.1, -0.05) is 34.8 Å². The van der Waals surface area contributed by atoms with Crippen LogP contribution in [0.4, 0.5) is 0 Å². The topological polar surface area (TPSA) is 66.4 Å². The molecule has 0 amide bonds. The van der Waals surface area contributed by atoms with Crippen LogP contribution in [0.15, 0.2) is 33.6 Å². The van der Waals surface area contributed by atoms with Crippen molar-refractivity contribution in [2.45, 2.75) is 30.6 Å². The first-order chi connectivity index (χ1) is 8.97. The third-order valence-electron chi connectivity index (χ3n) is 3.74. The molecule has 6 heteroatoms. The molecular formula is C13H18BrNO3S. The molecule has 0 aliphatic heterocycles. The fraction of sp³-hybridized carbons (Fsp3) is 0.538. The Kier molecular flexibility index (Phi) is 4.66. The highest BCUT2D eigenvalue weighted by molar-refractivity contribution is 9.10. The van der Waals surface area contributed by atoms with Crippen molar-refractivity contribution in [1.29, 1.82) is 0 Å². The Bertz CT molecular complexity index is 539. The zero-order valence-corrected chi connectivity index (χ0v) is 13.0. The van der Waals surface area contributed by atoms with E-state index < -0.39 is 10.0 Å². The normalized spacial score (nSPS) is 18.6. The molecule has 0 saturated heterocycles. The first-order valence-corrected chi connectivity index (χ1v) is 8.61. The van der Waals surface area contributed by atoms with Crippen LogP contribution in [0.1, 0.15) is 25.7 Å². The minimum atomic E-state index is -3.51. The van der Waals surface area contributed by atoms with Gasteiger partial charge in [0.15, 0.2) is 0 Å². The Labute approximate surface area is 122 Å². The van der Waals surface area contributed by atoms with Gasteiger partial charge < -0.3 is 5.11 Å². The predicted octanol–water partition coefficient (Wildman–Crippen LogP) is 2.28. The van der Waals surface area contributed by atoms with Crippen molar-refractivity contribution in [3.63, 3.8) is 0 Å². The zero-order valence-electron chi connectivity index (χ0n) is 10.6. The first kappa shape index (κ1) is 15.0. The smallest absolute Gasteiger partial charge is 0.240 e. The lowest BCUT2D eigenvalue weighted by Crippen LogP contribution is -2.38. The predicted molar refractivity (Wildman–Crippen MR) is 77.3 cm³/mol. The standard InChI is InChI=1S/C13H18BrNO3S/c14-11-4-3-5-12(8-11)19(17,18)15-9-13(10-16)6-1-2-7-13/h3-5,8,15-16H,1-2,6-7,9-10H2. The van der Waals surface area contributed by atoms with Crippen LogP contribution in [0.3, 0.4) is 0 Å². The summed E-state index contributed by atoms with van der Waals surface area (Å²) in [6.07, 6.45) is 3.87. The summed E-state index contributed by atoms with van der Waals surface area (Å²) >= 11 is 3.26. The largest absolute Gasteiger partial charge is 0.396 e. The molecule has 0 unspecified atom stereocenters. The average molecular weight is 348 g/mol. The van der Waals surface area contributed by atoms with E-state index >= 15 is 0 Å². The summed E-state index contributed by atoms with van der Waals surface area (Å²) in [6.45, 7) is 0.340. The van der Waals surface area contributed by atoms with Gasteiger partial charge in [0.25, 0.3) is 0 Å². The maximum absolute atomic E-state index is 12.2. The highest BCUT2D eigenvalue weighted by atomic mass is 79.9. The molecule has 0 spiro atoms. The summed E-state index contributed by atoms with van der Waals surface area (Å²) < 4.78 is 27.7. The van der Waals surface area contributed by atoms with Crippen LogP contribution >= 0.6 is 15.9 Å². The van der Waals surface area contributed by atoms with Gasteiger partial charge in [0, 0.05) is 23.0 Å². The maximum Gasteiger partial charge on any atom is 0.240 e. The number of benzene rings is 1. The lowest BCUT2D eigenvalue weighted by atomic mass is 9.88.